The SMILES string of the molecule is Cn1cnnc1CC1(O)CCCN(c2ccc(C#N)c(Cl)c2)C1. The first-order valence-corrected chi connectivity index (χ1v) is 7.88. The smallest absolute Gasteiger partial charge is 0.135 e. The van der Waals surface area contributed by atoms with E-state index in [1.807, 2.05) is 17.7 Å². The Kier molecular flexibility index (Phi) is 4.24. The summed E-state index contributed by atoms with van der Waals surface area (Å²) in [7, 11) is 1.87. The van der Waals surface area contributed by atoms with Crippen LogP contribution in [0.3, 0.4) is 0 Å². The highest BCUT2D eigenvalue weighted by atomic mass is 35.5. The molecule has 0 spiro atoms. The highest BCUT2D eigenvalue weighted by Gasteiger charge is 2.35. The molecule has 23 heavy (non-hydrogen) atoms. The van der Waals surface area contributed by atoms with E-state index in [-0.39, 0.29) is 0 Å². The summed E-state index contributed by atoms with van der Waals surface area (Å²) in [5, 5.41) is 28.3. The molecule has 1 aliphatic rings. The zero-order chi connectivity index (χ0) is 16.4. The summed E-state index contributed by atoms with van der Waals surface area (Å²) in [6.45, 7) is 1.35. The number of aliphatic hydroxyl groups is 1. The molecule has 0 radical (unpaired) electrons. The van der Waals surface area contributed by atoms with Crippen molar-refractivity contribution in [1.82, 2.24) is 14.8 Å². The molecular weight excluding hydrogens is 314 g/mol. The molecule has 1 aliphatic heterocycles. The molecule has 1 aromatic carbocycles. The highest BCUT2D eigenvalue weighted by molar-refractivity contribution is 6.32. The van der Waals surface area contributed by atoms with Gasteiger partial charge in [0.15, 0.2) is 0 Å². The molecule has 3 rings (SSSR count). The summed E-state index contributed by atoms with van der Waals surface area (Å²) in [4.78, 5) is 2.10. The van der Waals surface area contributed by atoms with Gasteiger partial charge in [-0.1, -0.05) is 11.6 Å². The molecule has 0 bridgehead atoms. The number of aromatic nitrogens is 3. The molecule has 6 nitrogen and oxygen atoms in total. The molecule has 1 N–H and O–H groups in total. The van der Waals surface area contributed by atoms with Crippen LogP contribution in [0.25, 0.3) is 0 Å². The third-order valence-corrected chi connectivity index (χ3v) is 4.60. The molecule has 1 aromatic heterocycles. The van der Waals surface area contributed by atoms with Crippen LogP contribution in [0, 0.1) is 11.3 Å². The van der Waals surface area contributed by atoms with Gasteiger partial charge in [0.05, 0.1) is 16.2 Å². The lowest BCUT2D eigenvalue weighted by molar-refractivity contribution is 0.0238. The Bertz CT molecular complexity index is 753. The van der Waals surface area contributed by atoms with Gasteiger partial charge in [-0.2, -0.15) is 5.26 Å². The minimum absolute atomic E-state index is 0.437. The zero-order valence-electron chi connectivity index (χ0n) is 12.9. The number of halogens is 1. The Morgan fingerprint density at radius 2 is 2.30 bits per heavy atom. The van der Waals surface area contributed by atoms with Gasteiger partial charge in [0.1, 0.15) is 18.2 Å². The second-order valence-electron chi connectivity index (χ2n) is 6.06. The van der Waals surface area contributed by atoms with Gasteiger partial charge < -0.3 is 14.6 Å². The summed E-state index contributed by atoms with van der Waals surface area (Å²) < 4.78 is 1.83. The van der Waals surface area contributed by atoms with Crippen LogP contribution in [0.2, 0.25) is 5.02 Å². The normalized spacial score (nSPS) is 21.2. The monoisotopic (exact) mass is 331 g/mol. The quantitative estimate of drug-likeness (QED) is 0.929. The van der Waals surface area contributed by atoms with E-state index in [9.17, 15) is 5.11 Å². The molecule has 2 aromatic rings. The largest absolute Gasteiger partial charge is 0.388 e. The third kappa shape index (κ3) is 3.31. The third-order valence-electron chi connectivity index (χ3n) is 4.29. The summed E-state index contributed by atoms with van der Waals surface area (Å²) in [6.07, 6.45) is 3.70. The van der Waals surface area contributed by atoms with Gasteiger partial charge in [-0.3, -0.25) is 0 Å². The van der Waals surface area contributed by atoms with E-state index < -0.39 is 5.60 Å². The molecule has 0 saturated carbocycles. The van der Waals surface area contributed by atoms with Crippen LogP contribution in [-0.4, -0.2) is 38.6 Å². The lowest BCUT2D eigenvalue weighted by atomic mass is 9.89. The van der Waals surface area contributed by atoms with Crippen molar-refractivity contribution in [2.75, 3.05) is 18.0 Å². The number of nitrogens with zero attached hydrogens (tertiary/aromatic N) is 5. The van der Waals surface area contributed by atoms with E-state index in [1.54, 1.807) is 18.5 Å². The molecular formula is C16H18ClN5O. The van der Waals surface area contributed by atoms with Gasteiger partial charge in [-0.25, -0.2) is 0 Å². The molecule has 1 atom stereocenters. The van der Waals surface area contributed by atoms with Crippen LogP contribution in [-0.2, 0) is 13.5 Å². The summed E-state index contributed by atoms with van der Waals surface area (Å²) in [5.41, 5.74) is 0.534. The van der Waals surface area contributed by atoms with Crippen molar-refractivity contribution in [3.63, 3.8) is 0 Å². The van der Waals surface area contributed by atoms with E-state index in [2.05, 4.69) is 21.2 Å². The Morgan fingerprint density at radius 3 is 2.96 bits per heavy atom. The zero-order valence-corrected chi connectivity index (χ0v) is 13.7. The Labute approximate surface area is 139 Å². The number of aryl methyl sites for hydroxylation is 1. The second kappa shape index (κ2) is 6.19. The minimum atomic E-state index is -0.848. The highest BCUT2D eigenvalue weighted by Crippen LogP contribution is 2.30. The van der Waals surface area contributed by atoms with Crippen molar-refractivity contribution in [3.05, 3.63) is 40.9 Å². The number of nitriles is 1. The molecule has 1 unspecified atom stereocenters. The van der Waals surface area contributed by atoms with Crippen molar-refractivity contribution in [3.8, 4) is 6.07 Å². The van der Waals surface area contributed by atoms with Crippen molar-refractivity contribution in [1.29, 1.82) is 5.26 Å². The van der Waals surface area contributed by atoms with Gasteiger partial charge in [0, 0.05) is 32.2 Å². The maximum absolute atomic E-state index is 11.0. The minimum Gasteiger partial charge on any atom is -0.388 e. The van der Waals surface area contributed by atoms with Gasteiger partial charge >= 0.3 is 0 Å². The first-order valence-electron chi connectivity index (χ1n) is 7.51. The van der Waals surface area contributed by atoms with E-state index in [1.165, 1.54) is 0 Å². The van der Waals surface area contributed by atoms with Crippen molar-refractivity contribution in [2.45, 2.75) is 24.9 Å². The van der Waals surface area contributed by atoms with Crippen LogP contribution in [0.15, 0.2) is 24.5 Å². The molecule has 1 saturated heterocycles. The van der Waals surface area contributed by atoms with E-state index in [0.29, 0.717) is 23.6 Å². The van der Waals surface area contributed by atoms with Crippen molar-refractivity contribution < 1.29 is 5.11 Å². The number of piperidine rings is 1. The van der Waals surface area contributed by atoms with Gasteiger partial charge in [-0.15, -0.1) is 10.2 Å². The van der Waals surface area contributed by atoms with Crippen molar-refractivity contribution >= 4 is 17.3 Å². The Hall–Kier alpha value is -2.10. The predicted molar refractivity (Wildman–Crippen MR) is 87.3 cm³/mol. The number of rotatable bonds is 3. The number of benzene rings is 1. The summed E-state index contributed by atoms with van der Waals surface area (Å²) in [5.74, 6) is 0.771. The first kappa shape index (κ1) is 15.8. The number of β-amino-alcohol motifs (C(OH)–C–C–N with tert-alkyl or cyclic N) is 1. The first-order chi connectivity index (χ1) is 11.0. The van der Waals surface area contributed by atoms with Crippen LogP contribution in [0.1, 0.15) is 24.2 Å². The maximum atomic E-state index is 11.0. The molecule has 7 heteroatoms. The van der Waals surface area contributed by atoms with Crippen LogP contribution >= 0.6 is 11.6 Å². The van der Waals surface area contributed by atoms with Crippen LogP contribution in [0.5, 0.6) is 0 Å². The van der Waals surface area contributed by atoms with Gasteiger partial charge in [0.25, 0.3) is 0 Å². The fraction of sp³-hybridized carbons (Fsp3) is 0.438. The van der Waals surface area contributed by atoms with Gasteiger partial charge in [0.2, 0.25) is 0 Å². The Balaban J connectivity index is 1.79. The average Bonchev–Trinajstić information content (AvgIpc) is 2.91. The Morgan fingerprint density at radius 1 is 1.48 bits per heavy atom. The molecule has 0 aliphatic carbocycles. The maximum Gasteiger partial charge on any atom is 0.135 e. The van der Waals surface area contributed by atoms with Crippen LogP contribution in [0.4, 0.5) is 5.69 Å². The molecule has 0 amide bonds. The molecule has 2 heterocycles. The fourth-order valence-corrected chi connectivity index (χ4v) is 3.25. The standard InChI is InChI=1S/C16H18ClN5O/c1-21-11-19-20-15(21)8-16(23)5-2-6-22(10-16)13-4-3-12(9-18)14(17)7-13/h3-4,7,11,23H,2,5-6,8,10H2,1H3. The summed E-state index contributed by atoms with van der Waals surface area (Å²) in [6, 6.07) is 7.44. The number of hydrogen-bond donors (Lipinski definition) is 1. The lowest BCUT2D eigenvalue weighted by Gasteiger charge is -2.40. The fourth-order valence-electron chi connectivity index (χ4n) is 3.03. The van der Waals surface area contributed by atoms with E-state index in [0.717, 1.165) is 30.9 Å². The average molecular weight is 332 g/mol. The topological polar surface area (TPSA) is 78.0 Å². The van der Waals surface area contributed by atoms with Crippen LogP contribution < -0.4 is 4.90 Å². The molecule has 120 valence electrons. The summed E-state index contributed by atoms with van der Waals surface area (Å²) >= 11 is 6.12. The lowest BCUT2D eigenvalue weighted by Crippen LogP contribution is -2.50. The number of hydrogen-bond acceptors (Lipinski definition) is 5. The second-order valence-corrected chi connectivity index (χ2v) is 6.47. The van der Waals surface area contributed by atoms with Crippen molar-refractivity contribution in [2.24, 2.45) is 7.05 Å². The van der Waals surface area contributed by atoms with E-state index in [4.69, 9.17) is 16.9 Å². The molecule has 1 fully saturated rings. The number of anilines is 1. The van der Waals surface area contributed by atoms with Gasteiger partial charge in [-0.05, 0) is 31.0 Å². The predicted octanol–water partition coefficient (Wildman–Crippen LogP) is 1.91. The van der Waals surface area contributed by atoms with E-state index >= 15 is 0 Å².